The van der Waals surface area contributed by atoms with Crippen molar-refractivity contribution in [2.24, 2.45) is 5.92 Å². The van der Waals surface area contributed by atoms with E-state index in [-0.39, 0.29) is 32.0 Å². The summed E-state index contributed by atoms with van der Waals surface area (Å²) in [6.45, 7) is 16.8. The molecule has 0 fully saturated rings. The summed E-state index contributed by atoms with van der Waals surface area (Å²) < 4.78 is 10.3. The molecule has 0 aromatic heterocycles. The highest BCUT2D eigenvalue weighted by molar-refractivity contribution is 5.92. The lowest BCUT2D eigenvalue weighted by atomic mass is 9.95. The molecule has 0 saturated heterocycles. The number of nitrogens with zero attached hydrogens (tertiary/aromatic N) is 1. The van der Waals surface area contributed by atoms with Crippen molar-refractivity contribution in [2.75, 3.05) is 19.7 Å². The molecule has 0 spiro atoms. The molecule has 0 aliphatic carbocycles. The second kappa shape index (κ2) is 13.8. The van der Waals surface area contributed by atoms with Crippen molar-refractivity contribution >= 4 is 23.9 Å². The van der Waals surface area contributed by atoms with Crippen LogP contribution in [-0.4, -0.2) is 60.1 Å². The van der Waals surface area contributed by atoms with E-state index in [0.717, 1.165) is 11.1 Å². The maximum Gasteiger partial charge on any atom is 0.408 e. The summed E-state index contributed by atoms with van der Waals surface area (Å²) in [5, 5.41) is 5.46. The highest BCUT2D eigenvalue weighted by atomic mass is 16.6. The third kappa shape index (κ3) is 9.51. The van der Waals surface area contributed by atoms with E-state index in [1.54, 1.807) is 34.6 Å². The lowest BCUT2D eigenvalue weighted by molar-refractivity contribution is -0.144. The average molecular weight is 506 g/mol. The van der Waals surface area contributed by atoms with Crippen molar-refractivity contribution in [3.05, 3.63) is 34.9 Å². The largest absolute Gasteiger partial charge is 0.466 e. The van der Waals surface area contributed by atoms with Crippen molar-refractivity contribution in [2.45, 2.75) is 86.4 Å². The molecule has 202 valence electrons. The molecule has 0 bridgehead atoms. The first-order chi connectivity index (χ1) is 16.7. The van der Waals surface area contributed by atoms with Gasteiger partial charge in [0.2, 0.25) is 11.8 Å². The van der Waals surface area contributed by atoms with Gasteiger partial charge in [-0.2, -0.15) is 0 Å². The van der Waals surface area contributed by atoms with Crippen LogP contribution in [0.4, 0.5) is 4.79 Å². The summed E-state index contributed by atoms with van der Waals surface area (Å²) in [4.78, 5) is 52.9. The van der Waals surface area contributed by atoms with Crippen LogP contribution in [-0.2, 0) is 23.9 Å². The number of esters is 1. The van der Waals surface area contributed by atoms with Crippen LogP contribution in [0.2, 0.25) is 0 Å². The number of rotatable bonds is 11. The van der Waals surface area contributed by atoms with Gasteiger partial charge in [0.1, 0.15) is 17.7 Å². The van der Waals surface area contributed by atoms with Gasteiger partial charge in [-0.3, -0.25) is 14.4 Å². The summed E-state index contributed by atoms with van der Waals surface area (Å²) in [7, 11) is 0. The van der Waals surface area contributed by atoms with Gasteiger partial charge < -0.3 is 25.0 Å². The highest BCUT2D eigenvalue weighted by Crippen LogP contribution is 2.27. The molecule has 3 amide bonds. The molecule has 1 aromatic carbocycles. The van der Waals surface area contributed by atoms with Gasteiger partial charge in [0.15, 0.2) is 0 Å². The van der Waals surface area contributed by atoms with Gasteiger partial charge in [-0.05, 0) is 65.5 Å². The minimum Gasteiger partial charge on any atom is -0.466 e. The number of benzene rings is 1. The summed E-state index contributed by atoms with van der Waals surface area (Å²) in [5.74, 6) is -1.48. The Kier molecular flexibility index (Phi) is 11.9. The topological polar surface area (TPSA) is 114 Å². The first-order valence-corrected chi connectivity index (χ1v) is 12.5. The van der Waals surface area contributed by atoms with E-state index in [2.05, 4.69) is 10.6 Å². The molecule has 2 atom stereocenters. The summed E-state index contributed by atoms with van der Waals surface area (Å²) in [6, 6.07) is 3.82. The van der Waals surface area contributed by atoms with E-state index in [9.17, 15) is 19.2 Å². The molecule has 0 saturated carbocycles. The Bertz CT molecular complexity index is 923. The molecule has 1 rings (SSSR count). The molecule has 36 heavy (non-hydrogen) atoms. The van der Waals surface area contributed by atoms with Crippen LogP contribution in [0.3, 0.4) is 0 Å². The Labute approximate surface area is 215 Å². The molecule has 1 aromatic rings. The Morgan fingerprint density at radius 1 is 1.06 bits per heavy atom. The van der Waals surface area contributed by atoms with E-state index in [1.165, 1.54) is 4.90 Å². The number of alkyl carbamates (subject to hydrolysis) is 1. The highest BCUT2D eigenvalue weighted by Gasteiger charge is 2.37. The quantitative estimate of drug-likeness (QED) is 0.442. The molecular formula is C27H43N3O6. The number of nitrogens with one attached hydrogen (secondary N) is 2. The van der Waals surface area contributed by atoms with E-state index < -0.39 is 41.6 Å². The summed E-state index contributed by atoms with van der Waals surface area (Å²) in [6.07, 6.45) is -0.679. The van der Waals surface area contributed by atoms with Gasteiger partial charge in [0.05, 0.1) is 13.0 Å². The third-order valence-corrected chi connectivity index (χ3v) is 5.44. The zero-order chi connectivity index (χ0) is 27.6. The van der Waals surface area contributed by atoms with Gasteiger partial charge in [-0.25, -0.2) is 4.79 Å². The zero-order valence-electron chi connectivity index (χ0n) is 23.2. The SMILES string of the molecule is CCOC(=O)CCNC(=O)C(c1ccc(C)cc1C)N(CC)C(=O)C(NC(=O)OC(C)(C)C)C(C)C. The zero-order valence-corrected chi connectivity index (χ0v) is 23.2. The molecule has 9 nitrogen and oxygen atoms in total. The van der Waals surface area contributed by atoms with Crippen LogP contribution in [0, 0.1) is 19.8 Å². The maximum absolute atomic E-state index is 13.8. The third-order valence-electron chi connectivity index (χ3n) is 5.44. The summed E-state index contributed by atoms with van der Waals surface area (Å²) >= 11 is 0. The van der Waals surface area contributed by atoms with Crippen molar-refractivity contribution < 1.29 is 28.7 Å². The average Bonchev–Trinajstić information content (AvgIpc) is 2.74. The lowest BCUT2D eigenvalue weighted by Crippen LogP contribution is -2.55. The number of ether oxygens (including phenoxy) is 2. The number of likely N-dealkylation sites (N-methyl/N-ethyl adjacent to an activating group) is 1. The van der Waals surface area contributed by atoms with Gasteiger partial charge in [0.25, 0.3) is 0 Å². The van der Waals surface area contributed by atoms with Crippen molar-refractivity contribution in [3.8, 4) is 0 Å². The minimum absolute atomic E-state index is 0.0219. The molecule has 0 heterocycles. The standard InChI is InChI=1S/C27H43N3O6/c1-10-30(25(33)22(17(3)4)29-26(34)36-27(7,8)9)23(20-13-12-18(5)16-19(20)6)24(32)28-15-14-21(31)35-11-2/h12-13,16-17,22-23H,10-11,14-15H2,1-9H3,(H,28,32)(H,29,34). The number of hydrogen-bond donors (Lipinski definition) is 2. The van der Waals surface area contributed by atoms with Gasteiger partial charge in [-0.15, -0.1) is 0 Å². The number of amides is 3. The molecule has 2 N–H and O–H groups in total. The van der Waals surface area contributed by atoms with Crippen molar-refractivity contribution in [1.29, 1.82) is 0 Å². The van der Waals surface area contributed by atoms with E-state index in [1.807, 2.05) is 45.9 Å². The first kappa shape index (κ1) is 30.9. The second-order valence-electron chi connectivity index (χ2n) is 10.1. The smallest absolute Gasteiger partial charge is 0.408 e. The predicted octanol–water partition coefficient (Wildman–Crippen LogP) is 3.81. The van der Waals surface area contributed by atoms with Gasteiger partial charge >= 0.3 is 12.1 Å². The molecular weight excluding hydrogens is 462 g/mol. The second-order valence-corrected chi connectivity index (χ2v) is 10.1. The normalized spacial score (nSPS) is 12.9. The summed E-state index contributed by atoms with van der Waals surface area (Å²) in [5.41, 5.74) is 1.83. The number of carbonyl (C=O) groups excluding carboxylic acids is 4. The maximum atomic E-state index is 13.8. The monoisotopic (exact) mass is 505 g/mol. The van der Waals surface area contributed by atoms with Crippen LogP contribution in [0.1, 0.15) is 77.6 Å². The molecule has 0 aliphatic heterocycles. The number of aryl methyl sites for hydroxylation is 2. The Morgan fingerprint density at radius 2 is 1.69 bits per heavy atom. The lowest BCUT2D eigenvalue weighted by Gasteiger charge is -2.35. The molecule has 0 aliphatic rings. The Hall–Kier alpha value is -3.10. The van der Waals surface area contributed by atoms with Gasteiger partial charge in [-0.1, -0.05) is 37.6 Å². The first-order valence-electron chi connectivity index (χ1n) is 12.5. The van der Waals surface area contributed by atoms with Crippen LogP contribution in [0.15, 0.2) is 18.2 Å². The molecule has 2 unspecified atom stereocenters. The number of hydrogen-bond acceptors (Lipinski definition) is 6. The predicted molar refractivity (Wildman–Crippen MR) is 138 cm³/mol. The Morgan fingerprint density at radius 3 is 2.19 bits per heavy atom. The Balaban J connectivity index is 3.32. The van der Waals surface area contributed by atoms with E-state index in [4.69, 9.17) is 9.47 Å². The molecule has 0 radical (unpaired) electrons. The fourth-order valence-electron chi connectivity index (χ4n) is 3.79. The fraction of sp³-hybridized carbons (Fsp3) is 0.630. The number of carbonyl (C=O) groups is 4. The van der Waals surface area contributed by atoms with Crippen LogP contribution in [0.25, 0.3) is 0 Å². The van der Waals surface area contributed by atoms with E-state index in [0.29, 0.717) is 5.56 Å². The van der Waals surface area contributed by atoms with Crippen LogP contribution >= 0.6 is 0 Å². The van der Waals surface area contributed by atoms with E-state index >= 15 is 0 Å². The molecule has 9 heteroatoms. The van der Waals surface area contributed by atoms with Crippen molar-refractivity contribution in [1.82, 2.24) is 15.5 Å². The minimum atomic E-state index is -0.952. The van der Waals surface area contributed by atoms with Crippen molar-refractivity contribution in [3.63, 3.8) is 0 Å². The fourth-order valence-corrected chi connectivity index (χ4v) is 3.79. The van der Waals surface area contributed by atoms with Crippen LogP contribution < -0.4 is 10.6 Å². The van der Waals surface area contributed by atoms with Gasteiger partial charge in [0, 0.05) is 13.1 Å². The van der Waals surface area contributed by atoms with Crippen LogP contribution in [0.5, 0.6) is 0 Å².